The van der Waals surface area contributed by atoms with Crippen LogP contribution in [-0.2, 0) is 26.1 Å². The lowest BCUT2D eigenvalue weighted by atomic mass is 10.1. The molecule has 118 valence electrons. The summed E-state index contributed by atoms with van der Waals surface area (Å²) >= 11 is 0. The zero-order valence-corrected chi connectivity index (χ0v) is 13.8. The van der Waals surface area contributed by atoms with Crippen LogP contribution in [0.25, 0.3) is 0 Å². The van der Waals surface area contributed by atoms with Crippen LogP contribution in [0.2, 0.25) is 0 Å². The van der Waals surface area contributed by atoms with E-state index in [-0.39, 0.29) is 0 Å². The van der Waals surface area contributed by atoms with E-state index in [0.717, 1.165) is 24.7 Å². The molecule has 0 fully saturated rings. The number of sulfone groups is 2. The van der Waals surface area contributed by atoms with E-state index in [1.54, 1.807) is 24.3 Å². The molecule has 21 heavy (non-hydrogen) atoms. The van der Waals surface area contributed by atoms with Crippen molar-refractivity contribution >= 4 is 25.5 Å². The molecule has 0 heterocycles. The first-order chi connectivity index (χ1) is 9.63. The molecule has 1 rings (SSSR count). The van der Waals surface area contributed by atoms with Gasteiger partial charge >= 0.3 is 0 Å². The number of rotatable bonds is 8. The van der Waals surface area contributed by atoms with Crippen molar-refractivity contribution in [3.05, 3.63) is 35.4 Å². The molecule has 0 N–H and O–H groups in total. The topological polar surface area (TPSA) is 85.3 Å². The average Bonchev–Trinajstić information content (AvgIpc) is 2.36. The van der Waals surface area contributed by atoms with Gasteiger partial charge in [-0.2, -0.15) is 0 Å². The van der Waals surface area contributed by atoms with Gasteiger partial charge in [0.15, 0.2) is 15.6 Å². The van der Waals surface area contributed by atoms with E-state index in [0.29, 0.717) is 5.56 Å². The van der Waals surface area contributed by atoms with E-state index < -0.39 is 42.7 Å². The third-order valence-corrected chi connectivity index (χ3v) is 5.66. The van der Waals surface area contributed by atoms with Crippen LogP contribution in [0.3, 0.4) is 0 Å². The number of Topliss-reactive ketones (excluding diaryl/α,β-unsaturated/α-hetero) is 1. The van der Waals surface area contributed by atoms with E-state index >= 15 is 0 Å². The monoisotopic (exact) mass is 332 g/mol. The molecule has 1 aromatic rings. The molecule has 0 spiro atoms. The van der Waals surface area contributed by atoms with Gasteiger partial charge in [-0.1, -0.05) is 37.6 Å². The molecule has 7 heteroatoms. The SMILES string of the molecule is CCCc1ccc(C(=O)CS(=O)(=O)CCS(C)(=O)=O)cc1. The predicted molar refractivity (Wildman–Crippen MR) is 83.1 cm³/mol. The second kappa shape index (κ2) is 7.17. The molecule has 1 aromatic carbocycles. The standard InChI is InChI=1S/C14H20O5S2/c1-3-4-12-5-7-13(8-6-12)14(15)11-21(18,19)10-9-20(2,16)17/h5-8H,3-4,9-11H2,1-2H3. The smallest absolute Gasteiger partial charge is 0.177 e. The van der Waals surface area contributed by atoms with Gasteiger partial charge in [-0.15, -0.1) is 0 Å². The molecule has 0 radical (unpaired) electrons. The van der Waals surface area contributed by atoms with Gasteiger partial charge in [-0.25, -0.2) is 16.8 Å². The van der Waals surface area contributed by atoms with Crippen LogP contribution in [0.5, 0.6) is 0 Å². The lowest BCUT2D eigenvalue weighted by Gasteiger charge is -2.05. The van der Waals surface area contributed by atoms with Crippen LogP contribution in [-0.4, -0.2) is 46.1 Å². The highest BCUT2D eigenvalue weighted by Crippen LogP contribution is 2.09. The average molecular weight is 332 g/mol. The number of ketones is 1. The minimum absolute atomic E-state index is 0.331. The Balaban J connectivity index is 2.71. The Morgan fingerprint density at radius 3 is 2.05 bits per heavy atom. The van der Waals surface area contributed by atoms with Gasteiger partial charge in [-0.05, 0) is 12.0 Å². The summed E-state index contributed by atoms with van der Waals surface area (Å²) in [6.07, 6.45) is 2.87. The van der Waals surface area contributed by atoms with Gasteiger partial charge in [0.2, 0.25) is 0 Å². The zero-order valence-electron chi connectivity index (χ0n) is 12.2. The summed E-state index contributed by atoms with van der Waals surface area (Å²) in [6.45, 7) is 2.05. The summed E-state index contributed by atoms with van der Waals surface area (Å²) in [5.74, 6) is -2.15. The summed E-state index contributed by atoms with van der Waals surface area (Å²) in [7, 11) is -7.07. The van der Waals surface area contributed by atoms with Crippen molar-refractivity contribution in [2.75, 3.05) is 23.5 Å². The third-order valence-electron chi connectivity index (χ3n) is 2.93. The highest BCUT2D eigenvalue weighted by molar-refractivity contribution is 7.95. The van der Waals surface area contributed by atoms with E-state index in [4.69, 9.17) is 0 Å². The fourth-order valence-corrected chi connectivity index (χ4v) is 4.72. The van der Waals surface area contributed by atoms with E-state index in [9.17, 15) is 21.6 Å². The minimum atomic E-state index is -3.71. The molecule has 0 unspecified atom stereocenters. The fraction of sp³-hybridized carbons (Fsp3) is 0.500. The largest absolute Gasteiger partial charge is 0.293 e. The van der Waals surface area contributed by atoms with Crippen molar-refractivity contribution in [3.63, 3.8) is 0 Å². The van der Waals surface area contributed by atoms with Crippen LogP contribution < -0.4 is 0 Å². The van der Waals surface area contributed by atoms with E-state index in [1.807, 2.05) is 6.92 Å². The second-order valence-electron chi connectivity index (χ2n) is 5.09. The number of carbonyl (C=O) groups excluding carboxylic acids is 1. The Hall–Kier alpha value is -1.21. The number of benzene rings is 1. The molecule has 0 saturated heterocycles. The lowest BCUT2D eigenvalue weighted by molar-refractivity contribution is 0.102. The van der Waals surface area contributed by atoms with E-state index in [2.05, 4.69) is 0 Å². The van der Waals surface area contributed by atoms with Crippen molar-refractivity contribution in [2.45, 2.75) is 19.8 Å². The van der Waals surface area contributed by atoms with Gasteiger partial charge in [0.1, 0.15) is 15.6 Å². The summed E-state index contributed by atoms with van der Waals surface area (Å²) in [5.41, 5.74) is 1.42. The van der Waals surface area contributed by atoms with Crippen LogP contribution >= 0.6 is 0 Å². The number of hydrogen-bond donors (Lipinski definition) is 0. The quantitative estimate of drug-likeness (QED) is 0.670. The van der Waals surface area contributed by atoms with Crippen molar-refractivity contribution in [3.8, 4) is 0 Å². The number of hydrogen-bond acceptors (Lipinski definition) is 5. The summed E-state index contributed by atoms with van der Waals surface area (Å²) in [6, 6.07) is 6.83. The maximum Gasteiger partial charge on any atom is 0.177 e. The molecule has 5 nitrogen and oxygen atoms in total. The molecular formula is C14H20O5S2. The summed E-state index contributed by atoms with van der Waals surface area (Å²) < 4.78 is 45.5. The maximum atomic E-state index is 11.9. The van der Waals surface area contributed by atoms with Crippen molar-refractivity contribution < 1.29 is 21.6 Å². The molecule has 0 amide bonds. The first kappa shape index (κ1) is 17.8. The van der Waals surface area contributed by atoms with Gasteiger partial charge in [0.05, 0.1) is 11.5 Å². The van der Waals surface area contributed by atoms with Crippen molar-refractivity contribution in [2.24, 2.45) is 0 Å². The Labute approximate surface area is 126 Å². The minimum Gasteiger partial charge on any atom is -0.293 e. The Kier molecular flexibility index (Phi) is 6.10. The predicted octanol–water partition coefficient (Wildman–Crippen LogP) is 1.28. The van der Waals surface area contributed by atoms with Gasteiger partial charge in [0.25, 0.3) is 0 Å². The summed E-state index contributed by atoms with van der Waals surface area (Å²) in [4.78, 5) is 11.9. The normalized spacial score (nSPS) is 12.3. The Morgan fingerprint density at radius 1 is 1.00 bits per heavy atom. The first-order valence-corrected chi connectivity index (χ1v) is 10.5. The highest BCUT2D eigenvalue weighted by atomic mass is 32.2. The van der Waals surface area contributed by atoms with Crippen molar-refractivity contribution in [1.29, 1.82) is 0 Å². The lowest BCUT2D eigenvalue weighted by Crippen LogP contribution is -2.23. The third kappa shape index (κ3) is 6.86. The second-order valence-corrected chi connectivity index (χ2v) is 9.54. The molecule has 0 atom stereocenters. The molecule has 0 bridgehead atoms. The fourth-order valence-electron chi connectivity index (χ4n) is 1.78. The van der Waals surface area contributed by atoms with Crippen molar-refractivity contribution in [1.82, 2.24) is 0 Å². The molecule has 0 aromatic heterocycles. The van der Waals surface area contributed by atoms with Crippen LogP contribution in [0.4, 0.5) is 0 Å². The molecular weight excluding hydrogens is 312 g/mol. The van der Waals surface area contributed by atoms with E-state index in [1.165, 1.54) is 0 Å². The molecule has 0 aliphatic rings. The zero-order chi connectivity index (χ0) is 16.1. The van der Waals surface area contributed by atoms with Crippen LogP contribution in [0.15, 0.2) is 24.3 Å². The highest BCUT2D eigenvalue weighted by Gasteiger charge is 2.20. The van der Waals surface area contributed by atoms with Crippen LogP contribution in [0.1, 0.15) is 29.3 Å². The molecule has 0 aliphatic heterocycles. The molecule has 0 aliphatic carbocycles. The van der Waals surface area contributed by atoms with Crippen LogP contribution in [0, 0.1) is 0 Å². The van der Waals surface area contributed by atoms with Gasteiger partial charge < -0.3 is 0 Å². The summed E-state index contributed by atoms with van der Waals surface area (Å²) in [5, 5.41) is 0. The Bertz CT molecular complexity index is 685. The van der Waals surface area contributed by atoms with Gasteiger partial charge in [0, 0.05) is 11.8 Å². The Morgan fingerprint density at radius 2 is 1.57 bits per heavy atom. The number of carbonyl (C=O) groups is 1. The van der Waals surface area contributed by atoms with Gasteiger partial charge in [-0.3, -0.25) is 4.79 Å². The maximum absolute atomic E-state index is 11.9. The first-order valence-electron chi connectivity index (χ1n) is 6.63. The molecule has 0 saturated carbocycles. The number of aryl methyl sites for hydroxylation is 1.